The lowest BCUT2D eigenvalue weighted by Gasteiger charge is -2.38. The molecule has 1 fully saturated rings. The first-order valence-electron chi connectivity index (χ1n) is 7.17. The molecule has 1 aromatic carbocycles. The first kappa shape index (κ1) is 16.6. The smallest absolute Gasteiger partial charge is 0.244 e. The molecule has 2 N–H and O–H groups in total. The Morgan fingerprint density at radius 3 is 2.29 bits per heavy atom. The second-order valence-electron chi connectivity index (χ2n) is 6.73. The van der Waals surface area contributed by atoms with E-state index in [0.717, 1.165) is 12.8 Å². The Bertz CT molecular complexity index is 615. The maximum atomic E-state index is 12.7. The van der Waals surface area contributed by atoms with E-state index in [1.54, 1.807) is 6.07 Å². The Labute approximate surface area is 132 Å². The second-order valence-corrected chi connectivity index (χ2v) is 9.05. The average Bonchev–Trinajstić information content (AvgIpc) is 2.37. The molecule has 0 amide bonds. The molecule has 0 bridgehead atoms. The number of nitrogen functional groups attached to an aromatic ring is 1. The maximum Gasteiger partial charge on any atom is 0.244 e. The first-order chi connectivity index (χ1) is 9.62. The number of rotatable bonds is 2. The quantitative estimate of drug-likeness (QED) is 0.845. The summed E-state index contributed by atoms with van der Waals surface area (Å²) in [6.45, 7) is 7.71. The fraction of sp³-hybridized carbons (Fsp3) is 0.600. The molecule has 0 aromatic heterocycles. The van der Waals surface area contributed by atoms with Crippen molar-refractivity contribution in [2.24, 2.45) is 11.3 Å². The molecule has 1 aliphatic heterocycles. The highest BCUT2D eigenvalue weighted by Crippen LogP contribution is 2.36. The Morgan fingerprint density at radius 2 is 1.81 bits per heavy atom. The van der Waals surface area contributed by atoms with E-state index >= 15 is 0 Å². The van der Waals surface area contributed by atoms with Crippen LogP contribution in [0.15, 0.2) is 23.1 Å². The van der Waals surface area contributed by atoms with Gasteiger partial charge in [0.15, 0.2) is 0 Å². The minimum absolute atomic E-state index is 0.146. The van der Waals surface area contributed by atoms with Gasteiger partial charge in [-0.2, -0.15) is 4.31 Å². The van der Waals surface area contributed by atoms with E-state index in [1.807, 2.05) is 0 Å². The molecule has 0 saturated carbocycles. The molecule has 2 rings (SSSR count). The lowest BCUT2D eigenvalue weighted by Crippen LogP contribution is -2.41. The number of hydrogen-bond acceptors (Lipinski definition) is 3. The van der Waals surface area contributed by atoms with Gasteiger partial charge in [0.05, 0.1) is 5.02 Å². The zero-order chi connectivity index (χ0) is 15.8. The average molecular weight is 331 g/mol. The summed E-state index contributed by atoms with van der Waals surface area (Å²) in [5.74, 6) is 0.547. The van der Waals surface area contributed by atoms with Gasteiger partial charge in [-0.1, -0.05) is 32.4 Å². The highest BCUT2D eigenvalue weighted by molar-refractivity contribution is 7.89. The van der Waals surface area contributed by atoms with Gasteiger partial charge < -0.3 is 5.73 Å². The molecule has 1 aromatic rings. The highest BCUT2D eigenvalue weighted by Gasteiger charge is 2.34. The Balaban J connectivity index is 2.19. The molecule has 0 radical (unpaired) electrons. The molecule has 118 valence electrons. The molecule has 0 atom stereocenters. The number of piperidine rings is 1. The molecule has 6 heteroatoms. The topological polar surface area (TPSA) is 63.4 Å². The molecule has 1 saturated heterocycles. The maximum absolute atomic E-state index is 12.7. The standard InChI is InChI=1S/C15H23ClN2O2S/c1-15(2,3)11-6-8-18(9-7-11)21(19,20)14-5-4-12(17)10-13(14)16/h4-5,10-11H,6-9,17H2,1-3H3. The molecule has 0 aliphatic carbocycles. The molecule has 0 spiro atoms. The van der Waals surface area contributed by atoms with Crippen molar-refractivity contribution in [3.63, 3.8) is 0 Å². The minimum atomic E-state index is -3.53. The third-order valence-corrected chi connectivity index (χ3v) is 6.63. The van der Waals surface area contributed by atoms with Crippen LogP contribution in [0.2, 0.25) is 5.02 Å². The van der Waals surface area contributed by atoms with E-state index < -0.39 is 10.0 Å². The lowest BCUT2D eigenvalue weighted by atomic mass is 9.76. The fourth-order valence-corrected chi connectivity index (χ4v) is 4.82. The zero-order valence-electron chi connectivity index (χ0n) is 12.8. The van der Waals surface area contributed by atoms with E-state index in [-0.39, 0.29) is 15.3 Å². The van der Waals surface area contributed by atoms with Gasteiger partial charge in [-0.15, -0.1) is 0 Å². The Hall–Kier alpha value is -0.780. The van der Waals surface area contributed by atoms with Crippen LogP contribution in [0.1, 0.15) is 33.6 Å². The van der Waals surface area contributed by atoms with Crippen LogP contribution < -0.4 is 5.73 Å². The van der Waals surface area contributed by atoms with Gasteiger partial charge in [-0.05, 0) is 42.4 Å². The van der Waals surface area contributed by atoms with Crippen molar-refractivity contribution in [1.29, 1.82) is 0 Å². The van der Waals surface area contributed by atoms with Crippen molar-refractivity contribution >= 4 is 27.3 Å². The predicted molar refractivity (Wildman–Crippen MR) is 86.8 cm³/mol. The third-order valence-electron chi connectivity index (χ3n) is 4.25. The van der Waals surface area contributed by atoms with Crippen molar-refractivity contribution in [2.75, 3.05) is 18.8 Å². The minimum Gasteiger partial charge on any atom is -0.399 e. The molecule has 21 heavy (non-hydrogen) atoms. The van der Waals surface area contributed by atoms with Gasteiger partial charge in [-0.25, -0.2) is 8.42 Å². The number of benzene rings is 1. The fourth-order valence-electron chi connectivity index (χ4n) is 2.83. The number of nitrogens with zero attached hydrogens (tertiary/aromatic N) is 1. The van der Waals surface area contributed by atoms with Crippen LogP contribution in [0.4, 0.5) is 5.69 Å². The summed E-state index contributed by atoms with van der Waals surface area (Å²) in [5, 5.41) is 0.188. The van der Waals surface area contributed by atoms with Crippen LogP contribution in [-0.2, 0) is 10.0 Å². The SMILES string of the molecule is CC(C)(C)C1CCN(S(=O)(=O)c2ccc(N)cc2Cl)CC1. The van der Waals surface area contributed by atoms with Gasteiger partial charge in [0.25, 0.3) is 0 Å². The lowest BCUT2D eigenvalue weighted by molar-refractivity contribution is 0.154. The molecule has 1 aliphatic rings. The van der Waals surface area contributed by atoms with E-state index in [4.69, 9.17) is 17.3 Å². The van der Waals surface area contributed by atoms with Crippen molar-refractivity contribution < 1.29 is 8.42 Å². The molecular formula is C15H23ClN2O2S. The van der Waals surface area contributed by atoms with Gasteiger partial charge in [0.2, 0.25) is 10.0 Å². The highest BCUT2D eigenvalue weighted by atomic mass is 35.5. The van der Waals surface area contributed by atoms with E-state index in [2.05, 4.69) is 20.8 Å². The van der Waals surface area contributed by atoms with E-state index in [1.165, 1.54) is 16.4 Å². The predicted octanol–water partition coefficient (Wildman–Crippen LogP) is 3.37. The van der Waals surface area contributed by atoms with Gasteiger partial charge >= 0.3 is 0 Å². The van der Waals surface area contributed by atoms with Crippen LogP contribution in [0.25, 0.3) is 0 Å². The number of sulfonamides is 1. The van der Waals surface area contributed by atoms with Crippen molar-refractivity contribution in [1.82, 2.24) is 4.31 Å². The summed E-state index contributed by atoms with van der Waals surface area (Å²) in [6, 6.07) is 4.54. The van der Waals surface area contributed by atoms with Crippen LogP contribution in [0.5, 0.6) is 0 Å². The zero-order valence-corrected chi connectivity index (χ0v) is 14.3. The summed E-state index contributed by atoms with van der Waals surface area (Å²) < 4.78 is 26.9. The van der Waals surface area contributed by atoms with E-state index in [9.17, 15) is 8.42 Å². The van der Waals surface area contributed by atoms with E-state index in [0.29, 0.717) is 24.7 Å². The van der Waals surface area contributed by atoms with Gasteiger partial charge in [0.1, 0.15) is 4.90 Å². The molecule has 4 nitrogen and oxygen atoms in total. The molecular weight excluding hydrogens is 308 g/mol. The number of hydrogen-bond donors (Lipinski definition) is 1. The number of nitrogens with two attached hydrogens (primary N) is 1. The summed E-state index contributed by atoms with van der Waals surface area (Å²) in [7, 11) is -3.53. The van der Waals surface area contributed by atoms with Crippen molar-refractivity contribution in [3.8, 4) is 0 Å². The monoisotopic (exact) mass is 330 g/mol. The normalized spacial score (nSPS) is 18.9. The van der Waals surface area contributed by atoms with Crippen LogP contribution >= 0.6 is 11.6 Å². The summed E-state index contributed by atoms with van der Waals surface area (Å²) >= 11 is 6.05. The number of halogens is 1. The van der Waals surface area contributed by atoms with Gasteiger partial charge in [0, 0.05) is 18.8 Å². The molecule has 1 heterocycles. The first-order valence-corrected chi connectivity index (χ1v) is 8.99. The summed E-state index contributed by atoms with van der Waals surface area (Å²) in [5.41, 5.74) is 6.30. The van der Waals surface area contributed by atoms with Crippen LogP contribution in [0, 0.1) is 11.3 Å². The summed E-state index contributed by atoms with van der Waals surface area (Å²) in [4.78, 5) is 0.146. The second kappa shape index (κ2) is 5.78. The molecule has 0 unspecified atom stereocenters. The third kappa shape index (κ3) is 3.52. The van der Waals surface area contributed by atoms with Gasteiger partial charge in [-0.3, -0.25) is 0 Å². The Morgan fingerprint density at radius 1 is 1.24 bits per heavy atom. The largest absolute Gasteiger partial charge is 0.399 e. The van der Waals surface area contributed by atoms with Crippen LogP contribution in [0.3, 0.4) is 0 Å². The Kier molecular flexibility index (Phi) is 4.57. The van der Waals surface area contributed by atoms with Crippen LogP contribution in [-0.4, -0.2) is 25.8 Å². The summed E-state index contributed by atoms with van der Waals surface area (Å²) in [6.07, 6.45) is 1.77. The van der Waals surface area contributed by atoms with Crippen molar-refractivity contribution in [2.45, 2.75) is 38.5 Å². The number of anilines is 1. The van der Waals surface area contributed by atoms with Crippen molar-refractivity contribution in [3.05, 3.63) is 23.2 Å².